The Morgan fingerprint density at radius 2 is 1.67 bits per heavy atom. The van der Waals surface area contributed by atoms with Crippen LogP contribution in [0.15, 0.2) is 60.7 Å². The van der Waals surface area contributed by atoms with Gasteiger partial charge in [-0.15, -0.1) is 0 Å². The van der Waals surface area contributed by atoms with Gasteiger partial charge in [0.1, 0.15) is 5.75 Å². The molecule has 0 radical (unpaired) electrons. The lowest BCUT2D eigenvalue weighted by Gasteiger charge is -2.09. The summed E-state index contributed by atoms with van der Waals surface area (Å²) < 4.78 is 5.38. The fourth-order valence-electron chi connectivity index (χ4n) is 2.71. The van der Waals surface area contributed by atoms with Crippen LogP contribution in [0.5, 0.6) is 5.75 Å². The molecule has 2 heteroatoms. The van der Waals surface area contributed by atoms with Crippen molar-refractivity contribution >= 4 is 20.2 Å². The van der Waals surface area contributed by atoms with Crippen molar-refractivity contribution in [2.24, 2.45) is 0 Å². The molecule has 0 amide bonds. The molecule has 1 unspecified atom stereocenters. The normalized spacial score (nSPS) is 10.8. The molecule has 0 saturated carbocycles. The lowest BCUT2D eigenvalue weighted by Crippen LogP contribution is -1.85. The minimum Gasteiger partial charge on any atom is -0.480 e. The summed E-state index contributed by atoms with van der Waals surface area (Å²) in [7, 11) is 2.32. The molecule has 0 N–H and O–H groups in total. The number of rotatable bonds is 4. The molecule has 0 aromatic heterocycles. The molecule has 1 nitrogen and oxygen atoms in total. The van der Waals surface area contributed by atoms with Gasteiger partial charge in [-0.1, -0.05) is 61.9 Å². The molecule has 1 atom stereocenters. The first-order chi connectivity index (χ1) is 10.3. The number of fused-ring (bicyclic) bond motifs is 1. The van der Waals surface area contributed by atoms with E-state index in [1.165, 1.54) is 28.3 Å². The predicted molar refractivity (Wildman–Crippen MR) is 93.7 cm³/mol. The van der Waals surface area contributed by atoms with Gasteiger partial charge in [-0.05, 0) is 40.5 Å². The van der Waals surface area contributed by atoms with Crippen molar-refractivity contribution in [2.45, 2.75) is 19.8 Å². The average Bonchev–Trinajstić information content (AvgIpc) is 2.54. The molecule has 0 spiro atoms. The summed E-state index contributed by atoms with van der Waals surface area (Å²) >= 11 is 0. The van der Waals surface area contributed by atoms with E-state index in [4.69, 9.17) is 4.52 Å². The van der Waals surface area contributed by atoms with Crippen molar-refractivity contribution in [1.82, 2.24) is 0 Å². The lowest BCUT2D eigenvalue weighted by molar-refractivity contribution is 0.648. The van der Waals surface area contributed by atoms with E-state index in [2.05, 4.69) is 58.9 Å². The number of hydrogen-bond acceptors (Lipinski definition) is 1. The Morgan fingerprint density at radius 1 is 0.905 bits per heavy atom. The molecule has 106 valence electrons. The molecular weight excluding hydrogens is 275 g/mol. The van der Waals surface area contributed by atoms with Gasteiger partial charge in [-0.2, -0.15) is 0 Å². The number of benzene rings is 3. The molecule has 0 aliphatic rings. The first-order valence-electron chi connectivity index (χ1n) is 7.30. The third kappa shape index (κ3) is 2.94. The summed E-state index contributed by atoms with van der Waals surface area (Å²) in [5.74, 6) is 0.879. The van der Waals surface area contributed by atoms with Crippen LogP contribution in [-0.2, 0) is 6.42 Å². The Kier molecular flexibility index (Phi) is 4.22. The quantitative estimate of drug-likeness (QED) is 0.567. The summed E-state index contributed by atoms with van der Waals surface area (Å²) in [6, 6.07) is 21.4. The molecule has 0 bridgehead atoms. The largest absolute Gasteiger partial charge is 0.480 e. The van der Waals surface area contributed by atoms with Crippen LogP contribution < -0.4 is 4.52 Å². The average molecular weight is 294 g/mol. The van der Waals surface area contributed by atoms with Crippen LogP contribution in [0, 0.1) is 0 Å². The topological polar surface area (TPSA) is 9.23 Å². The SMILES string of the molecule is CCCc1ccc2cc(-c3ccccc3OP)ccc2c1. The van der Waals surface area contributed by atoms with Gasteiger partial charge in [-0.25, -0.2) is 0 Å². The molecule has 0 fully saturated rings. The van der Waals surface area contributed by atoms with E-state index in [0.717, 1.165) is 17.7 Å². The smallest absolute Gasteiger partial charge is 0.130 e. The first-order valence-corrected chi connectivity index (χ1v) is 7.78. The van der Waals surface area contributed by atoms with Crippen molar-refractivity contribution < 1.29 is 4.52 Å². The van der Waals surface area contributed by atoms with Crippen LogP contribution in [0.4, 0.5) is 0 Å². The highest BCUT2D eigenvalue weighted by atomic mass is 31.0. The van der Waals surface area contributed by atoms with Crippen LogP contribution in [0.25, 0.3) is 21.9 Å². The third-order valence-electron chi connectivity index (χ3n) is 3.77. The standard InChI is InChI=1S/C19H19OP/c1-2-5-14-8-9-16-13-17(11-10-15(16)12-14)18-6-3-4-7-19(18)20-21/h3-4,6-13H,2,5,21H2,1H3. The van der Waals surface area contributed by atoms with E-state index in [1.54, 1.807) is 0 Å². The molecule has 0 heterocycles. The monoisotopic (exact) mass is 294 g/mol. The van der Waals surface area contributed by atoms with Crippen molar-refractivity contribution in [3.8, 4) is 16.9 Å². The van der Waals surface area contributed by atoms with Crippen LogP contribution >= 0.6 is 9.47 Å². The summed E-state index contributed by atoms with van der Waals surface area (Å²) in [6.07, 6.45) is 2.32. The van der Waals surface area contributed by atoms with Gasteiger partial charge in [0.25, 0.3) is 0 Å². The van der Waals surface area contributed by atoms with Crippen molar-refractivity contribution in [3.05, 3.63) is 66.2 Å². The molecule has 21 heavy (non-hydrogen) atoms. The Balaban J connectivity index is 2.07. The van der Waals surface area contributed by atoms with Crippen LogP contribution in [0.3, 0.4) is 0 Å². The maximum absolute atomic E-state index is 5.38. The van der Waals surface area contributed by atoms with Gasteiger partial charge < -0.3 is 4.52 Å². The molecule has 0 aliphatic carbocycles. The van der Waals surface area contributed by atoms with Crippen molar-refractivity contribution in [3.63, 3.8) is 0 Å². The number of para-hydroxylation sites is 1. The highest BCUT2D eigenvalue weighted by Gasteiger charge is 2.06. The minimum atomic E-state index is 0.879. The molecule has 3 aromatic carbocycles. The molecule has 3 rings (SSSR count). The third-order valence-corrected chi connectivity index (χ3v) is 4.02. The molecular formula is C19H19OP. The maximum Gasteiger partial charge on any atom is 0.130 e. The van der Waals surface area contributed by atoms with E-state index in [0.29, 0.717) is 0 Å². The maximum atomic E-state index is 5.38. The molecule has 0 saturated heterocycles. The van der Waals surface area contributed by atoms with Gasteiger partial charge in [0.15, 0.2) is 0 Å². The van der Waals surface area contributed by atoms with E-state index in [9.17, 15) is 0 Å². The van der Waals surface area contributed by atoms with Gasteiger partial charge in [0.2, 0.25) is 0 Å². The fourth-order valence-corrected chi connectivity index (χ4v) is 2.92. The molecule has 3 aromatic rings. The van der Waals surface area contributed by atoms with Gasteiger partial charge in [-0.3, -0.25) is 0 Å². The van der Waals surface area contributed by atoms with Crippen LogP contribution in [-0.4, -0.2) is 0 Å². The summed E-state index contributed by atoms with van der Waals surface area (Å²) in [5, 5.41) is 2.57. The van der Waals surface area contributed by atoms with E-state index < -0.39 is 0 Å². The van der Waals surface area contributed by atoms with E-state index in [1.807, 2.05) is 18.2 Å². The summed E-state index contributed by atoms with van der Waals surface area (Å²) in [6.45, 7) is 2.22. The zero-order valence-corrected chi connectivity index (χ0v) is 13.3. The van der Waals surface area contributed by atoms with E-state index in [-0.39, 0.29) is 0 Å². The lowest BCUT2D eigenvalue weighted by atomic mass is 9.98. The Morgan fingerprint density at radius 3 is 2.48 bits per heavy atom. The van der Waals surface area contributed by atoms with Gasteiger partial charge in [0, 0.05) is 5.56 Å². The van der Waals surface area contributed by atoms with Crippen LogP contribution in [0.1, 0.15) is 18.9 Å². The Labute approximate surface area is 128 Å². The zero-order valence-electron chi connectivity index (χ0n) is 12.2. The van der Waals surface area contributed by atoms with Crippen molar-refractivity contribution in [2.75, 3.05) is 0 Å². The van der Waals surface area contributed by atoms with E-state index >= 15 is 0 Å². The number of aryl methyl sites for hydroxylation is 1. The van der Waals surface area contributed by atoms with Crippen LogP contribution in [0.2, 0.25) is 0 Å². The minimum absolute atomic E-state index is 0.879. The van der Waals surface area contributed by atoms with Gasteiger partial charge >= 0.3 is 0 Å². The second-order valence-electron chi connectivity index (χ2n) is 5.26. The Bertz CT molecular complexity index is 764. The summed E-state index contributed by atoms with van der Waals surface area (Å²) in [4.78, 5) is 0. The second-order valence-corrected chi connectivity index (χ2v) is 5.50. The molecule has 0 aliphatic heterocycles. The number of hydrogen-bond donors (Lipinski definition) is 0. The summed E-state index contributed by atoms with van der Waals surface area (Å²) in [5.41, 5.74) is 3.71. The fraction of sp³-hybridized carbons (Fsp3) is 0.158. The zero-order chi connectivity index (χ0) is 14.7. The first kappa shape index (κ1) is 14.1. The Hall–Kier alpha value is -1.85. The highest BCUT2D eigenvalue weighted by molar-refractivity contribution is 7.10. The highest BCUT2D eigenvalue weighted by Crippen LogP contribution is 2.33. The second kappa shape index (κ2) is 6.28. The predicted octanol–water partition coefficient (Wildman–Crippen LogP) is 5.63. The van der Waals surface area contributed by atoms with Gasteiger partial charge in [0.05, 0.1) is 9.47 Å². The van der Waals surface area contributed by atoms with Crippen molar-refractivity contribution in [1.29, 1.82) is 0 Å².